The van der Waals surface area contributed by atoms with E-state index < -0.39 is 5.95 Å². The van der Waals surface area contributed by atoms with Crippen LogP contribution < -0.4 is 0 Å². The standard InChI is InChI=1S/C14H8Cl4N4O2/c1-4-3-5(2)20-14(19-4)22-21-12-6-7(13(23)24-12)9(16)11(18)10(17)8(6)15/h3,23H,1-2H3. The number of hydrogen-bond donors (Lipinski definition) is 1. The molecule has 3 rings (SSSR count). The van der Waals surface area contributed by atoms with Crippen molar-refractivity contribution in [1.29, 1.82) is 0 Å². The first-order valence-electron chi connectivity index (χ1n) is 6.51. The molecule has 0 spiro atoms. The van der Waals surface area contributed by atoms with Gasteiger partial charge in [-0.05, 0) is 19.9 Å². The number of aromatic nitrogens is 2. The van der Waals surface area contributed by atoms with E-state index in [1.807, 2.05) is 0 Å². The largest absolute Gasteiger partial charge is 0.480 e. The number of aryl methyl sites for hydroxylation is 2. The number of aromatic hydroxyl groups is 1. The fraction of sp³-hybridized carbons (Fsp3) is 0.143. The smallest absolute Gasteiger partial charge is 0.293 e. The molecule has 0 aliphatic rings. The summed E-state index contributed by atoms with van der Waals surface area (Å²) in [6.45, 7) is 3.61. The Morgan fingerprint density at radius 1 is 0.875 bits per heavy atom. The molecular formula is C14H8Cl4N4O2. The van der Waals surface area contributed by atoms with Gasteiger partial charge in [-0.2, -0.15) is 0 Å². The molecule has 0 radical (unpaired) electrons. The lowest BCUT2D eigenvalue weighted by molar-refractivity contribution is 0.342. The zero-order valence-electron chi connectivity index (χ0n) is 12.2. The van der Waals surface area contributed by atoms with Crippen LogP contribution in [0.2, 0.25) is 20.1 Å². The lowest BCUT2D eigenvalue weighted by atomic mass is 10.2. The van der Waals surface area contributed by atoms with Crippen LogP contribution in [0.15, 0.2) is 20.7 Å². The molecule has 0 atom stereocenters. The molecule has 2 aromatic heterocycles. The Labute approximate surface area is 156 Å². The highest BCUT2D eigenvalue weighted by atomic mass is 35.5. The maximum atomic E-state index is 9.95. The minimum absolute atomic E-state index is 0.00594. The summed E-state index contributed by atoms with van der Waals surface area (Å²) >= 11 is 24.3. The topological polar surface area (TPSA) is 83.9 Å². The van der Waals surface area contributed by atoms with E-state index in [0.29, 0.717) is 0 Å². The molecule has 24 heavy (non-hydrogen) atoms. The number of benzene rings is 1. The third-order valence-corrected chi connectivity index (χ3v) is 4.89. The highest BCUT2D eigenvalue weighted by Crippen LogP contribution is 2.51. The van der Waals surface area contributed by atoms with Crippen molar-refractivity contribution >= 4 is 69.0 Å². The highest BCUT2D eigenvalue weighted by Gasteiger charge is 2.24. The molecule has 2 heterocycles. The van der Waals surface area contributed by atoms with Gasteiger partial charge in [0.15, 0.2) is 0 Å². The Hall–Kier alpha value is -1.60. The van der Waals surface area contributed by atoms with Crippen molar-refractivity contribution in [2.24, 2.45) is 10.2 Å². The highest BCUT2D eigenvalue weighted by molar-refractivity contribution is 6.55. The van der Waals surface area contributed by atoms with Crippen LogP contribution in [0.5, 0.6) is 5.95 Å². The van der Waals surface area contributed by atoms with Gasteiger partial charge in [0.1, 0.15) is 0 Å². The fourth-order valence-corrected chi connectivity index (χ4v) is 3.15. The predicted octanol–water partition coefficient (Wildman–Crippen LogP) is 6.57. The zero-order valence-corrected chi connectivity index (χ0v) is 15.3. The maximum absolute atomic E-state index is 9.95. The van der Waals surface area contributed by atoms with E-state index in [4.69, 9.17) is 50.8 Å². The Kier molecular flexibility index (Phi) is 4.57. The molecular weight excluding hydrogens is 398 g/mol. The van der Waals surface area contributed by atoms with Crippen LogP contribution in [0.4, 0.5) is 11.8 Å². The van der Waals surface area contributed by atoms with Gasteiger partial charge < -0.3 is 9.52 Å². The normalized spacial score (nSPS) is 11.8. The molecule has 0 saturated carbocycles. The molecule has 0 aliphatic carbocycles. The molecule has 0 unspecified atom stereocenters. The first kappa shape index (κ1) is 17.2. The quantitative estimate of drug-likeness (QED) is 0.296. The van der Waals surface area contributed by atoms with Crippen LogP contribution in [0, 0.1) is 13.8 Å². The van der Waals surface area contributed by atoms with Crippen LogP contribution in [0.1, 0.15) is 11.4 Å². The number of furan rings is 1. The van der Waals surface area contributed by atoms with E-state index in [2.05, 4.69) is 20.2 Å². The van der Waals surface area contributed by atoms with Crippen LogP contribution >= 0.6 is 46.4 Å². The van der Waals surface area contributed by atoms with Gasteiger partial charge in [0.25, 0.3) is 17.8 Å². The third-order valence-electron chi connectivity index (χ3n) is 3.09. The summed E-state index contributed by atoms with van der Waals surface area (Å²) in [7, 11) is 0. The van der Waals surface area contributed by atoms with Gasteiger partial charge in [-0.25, -0.2) is 9.97 Å². The number of azo groups is 1. The second-order valence-corrected chi connectivity index (χ2v) is 6.38. The molecule has 6 nitrogen and oxygen atoms in total. The van der Waals surface area contributed by atoms with E-state index in [1.165, 1.54) is 0 Å². The van der Waals surface area contributed by atoms with Gasteiger partial charge >= 0.3 is 0 Å². The summed E-state index contributed by atoms with van der Waals surface area (Å²) in [6.07, 6.45) is 0. The Morgan fingerprint density at radius 3 is 2.00 bits per heavy atom. The number of nitrogens with zero attached hydrogens (tertiary/aromatic N) is 4. The van der Waals surface area contributed by atoms with E-state index >= 15 is 0 Å². The van der Waals surface area contributed by atoms with Crippen molar-refractivity contribution in [3.63, 3.8) is 0 Å². The SMILES string of the molecule is Cc1cc(C)nc(N=Nc2oc(O)c3c(Cl)c(Cl)c(Cl)c(Cl)c23)n1. The lowest BCUT2D eigenvalue weighted by Gasteiger charge is -2.03. The van der Waals surface area contributed by atoms with E-state index in [9.17, 15) is 5.11 Å². The minimum Gasteiger partial charge on any atom is -0.480 e. The number of rotatable bonds is 2. The van der Waals surface area contributed by atoms with Crippen molar-refractivity contribution in [3.05, 3.63) is 37.5 Å². The Morgan fingerprint density at radius 2 is 1.42 bits per heavy atom. The molecule has 0 amide bonds. The molecule has 1 N–H and O–H groups in total. The molecule has 1 aromatic carbocycles. The van der Waals surface area contributed by atoms with Crippen LogP contribution in [0.3, 0.4) is 0 Å². The van der Waals surface area contributed by atoms with Gasteiger partial charge in [-0.3, -0.25) is 0 Å². The van der Waals surface area contributed by atoms with Gasteiger partial charge in [0.2, 0.25) is 0 Å². The fourth-order valence-electron chi connectivity index (χ4n) is 2.14. The summed E-state index contributed by atoms with van der Waals surface area (Å²) in [6, 6.07) is 1.80. The monoisotopic (exact) mass is 404 g/mol. The molecule has 3 aromatic rings. The second kappa shape index (κ2) is 6.37. The van der Waals surface area contributed by atoms with Gasteiger partial charge in [0, 0.05) is 11.4 Å². The maximum Gasteiger partial charge on any atom is 0.293 e. The molecule has 10 heteroatoms. The average molecular weight is 406 g/mol. The minimum atomic E-state index is -0.495. The second-order valence-electron chi connectivity index (χ2n) is 4.87. The van der Waals surface area contributed by atoms with E-state index in [-0.39, 0.29) is 42.7 Å². The first-order valence-corrected chi connectivity index (χ1v) is 8.02. The van der Waals surface area contributed by atoms with Crippen LogP contribution in [0.25, 0.3) is 10.8 Å². The Bertz CT molecular complexity index is 980. The molecule has 124 valence electrons. The van der Waals surface area contributed by atoms with Crippen molar-refractivity contribution in [2.45, 2.75) is 13.8 Å². The summed E-state index contributed by atoms with van der Waals surface area (Å²) < 4.78 is 5.17. The van der Waals surface area contributed by atoms with E-state index in [1.54, 1.807) is 19.9 Å². The van der Waals surface area contributed by atoms with Gasteiger partial charge in [-0.1, -0.05) is 46.4 Å². The number of hydrogen-bond acceptors (Lipinski definition) is 6. The molecule has 0 fully saturated rings. The van der Waals surface area contributed by atoms with Crippen LogP contribution in [-0.2, 0) is 0 Å². The molecule has 0 aliphatic heterocycles. The average Bonchev–Trinajstić information content (AvgIpc) is 2.84. The first-order chi connectivity index (χ1) is 11.3. The van der Waals surface area contributed by atoms with Crippen molar-refractivity contribution < 1.29 is 9.52 Å². The Balaban J connectivity index is 2.19. The predicted molar refractivity (Wildman–Crippen MR) is 93.6 cm³/mol. The number of fused-ring (bicyclic) bond motifs is 1. The van der Waals surface area contributed by atoms with Gasteiger partial charge in [0.05, 0.1) is 30.9 Å². The number of halogens is 4. The van der Waals surface area contributed by atoms with Gasteiger partial charge in [-0.15, -0.1) is 10.2 Å². The zero-order chi connectivity index (χ0) is 17.6. The summed E-state index contributed by atoms with van der Waals surface area (Å²) in [5.74, 6) is -0.444. The van der Waals surface area contributed by atoms with Crippen molar-refractivity contribution in [3.8, 4) is 5.95 Å². The molecule has 0 bridgehead atoms. The lowest BCUT2D eigenvalue weighted by Crippen LogP contribution is -1.87. The summed E-state index contributed by atoms with van der Waals surface area (Å²) in [5.41, 5.74) is 1.47. The van der Waals surface area contributed by atoms with E-state index in [0.717, 1.165) is 11.4 Å². The summed E-state index contributed by atoms with van der Waals surface area (Å²) in [5, 5.41) is 18.1. The molecule has 0 saturated heterocycles. The van der Waals surface area contributed by atoms with Crippen molar-refractivity contribution in [2.75, 3.05) is 0 Å². The van der Waals surface area contributed by atoms with Crippen LogP contribution in [-0.4, -0.2) is 15.1 Å². The summed E-state index contributed by atoms with van der Waals surface area (Å²) in [4.78, 5) is 8.25. The van der Waals surface area contributed by atoms with Crippen molar-refractivity contribution in [1.82, 2.24) is 9.97 Å². The third kappa shape index (κ3) is 2.91.